The molecular weight excluding hydrogens is 513 g/mol. The number of hydrogen-bond donors (Lipinski definition) is 0. The summed E-state index contributed by atoms with van der Waals surface area (Å²) in [7, 11) is 1.50. The first-order valence-electron chi connectivity index (χ1n) is 15.1. The number of likely N-dealkylation sites (N-methyl/N-ethyl adjacent to an activating group) is 1. The van der Waals surface area contributed by atoms with Crippen LogP contribution in [0.3, 0.4) is 0 Å². The smallest absolute Gasteiger partial charge is 0.268 e. The van der Waals surface area contributed by atoms with Gasteiger partial charge in [-0.3, -0.25) is 4.57 Å². The summed E-state index contributed by atoms with van der Waals surface area (Å²) < 4.78 is 28.7. The number of carbonyl (C=O) groups is 1. The minimum Gasteiger partial charge on any atom is -0.756 e. The van der Waals surface area contributed by atoms with Gasteiger partial charge in [-0.1, -0.05) is 76.8 Å². The fourth-order valence-corrected chi connectivity index (χ4v) is 5.21. The highest BCUT2D eigenvalue weighted by Gasteiger charge is 2.18. The van der Waals surface area contributed by atoms with Gasteiger partial charge in [0.2, 0.25) is 0 Å². The first-order valence-corrected chi connectivity index (χ1v) is 16.6. The van der Waals surface area contributed by atoms with Crippen LogP contribution in [0.1, 0.15) is 103 Å². The van der Waals surface area contributed by atoms with Crippen molar-refractivity contribution in [1.82, 2.24) is 0 Å². The van der Waals surface area contributed by atoms with E-state index in [1.165, 1.54) is 70.3 Å². The number of phosphoric acid groups is 1. The monoisotopic (exact) mass is 569 g/mol. The molecule has 0 bridgehead atoms. The molecule has 0 amide bonds. The molecule has 226 valence electrons. The Balaban J connectivity index is 2.26. The van der Waals surface area contributed by atoms with Crippen molar-refractivity contribution in [3.8, 4) is 5.75 Å². The molecule has 0 saturated carbocycles. The normalized spacial score (nSPS) is 14.2. The second kappa shape index (κ2) is 20.6. The molecular formula is C31H56NO6P. The Labute approximate surface area is 238 Å². The topological polar surface area (TPSA) is 84.9 Å². The molecule has 0 aliphatic heterocycles. The van der Waals surface area contributed by atoms with E-state index in [1.54, 1.807) is 0 Å². The van der Waals surface area contributed by atoms with Gasteiger partial charge in [-0.05, 0) is 56.2 Å². The standard InChI is InChI=1S/C31H56NO6P/c1-6-7-8-9-10-11-12-13-14-15-24-36-31-21-19-29(20-22-31)17-16-18-30(26-28(2)33)27-38-39(34,35)37-25-23-32(3,4)5/h19-22,30H,6-18,23-27H2,1-5H3. The fourth-order valence-electron chi connectivity index (χ4n) is 4.44. The maximum absolute atomic E-state index is 12.1. The molecule has 1 aromatic carbocycles. The summed E-state index contributed by atoms with van der Waals surface area (Å²) >= 11 is 0. The molecule has 1 aromatic rings. The first kappa shape index (κ1) is 35.8. The van der Waals surface area contributed by atoms with Gasteiger partial charge in [0.15, 0.2) is 0 Å². The number of hydrogen-bond acceptors (Lipinski definition) is 6. The number of aryl methyl sites for hydroxylation is 1. The Morgan fingerprint density at radius 2 is 1.46 bits per heavy atom. The Morgan fingerprint density at radius 3 is 2.03 bits per heavy atom. The fraction of sp³-hybridized carbons (Fsp3) is 0.774. The van der Waals surface area contributed by atoms with Gasteiger partial charge in [-0.2, -0.15) is 0 Å². The zero-order chi connectivity index (χ0) is 29.0. The third-order valence-corrected chi connectivity index (χ3v) is 7.79. The van der Waals surface area contributed by atoms with Crippen LogP contribution < -0.4 is 9.63 Å². The highest BCUT2D eigenvalue weighted by atomic mass is 31.2. The zero-order valence-electron chi connectivity index (χ0n) is 25.5. The minimum atomic E-state index is -4.38. The van der Waals surface area contributed by atoms with Crippen LogP contribution in [0.4, 0.5) is 0 Å². The van der Waals surface area contributed by atoms with E-state index >= 15 is 0 Å². The highest BCUT2D eigenvalue weighted by molar-refractivity contribution is 7.45. The van der Waals surface area contributed by atoms with Gasteiger partial charge in [-0.15, -0.1) is 0 Å². The van der Waals surface area contributed by atoms with Crippen LogP contribution in [0.5, 0.6) is 5.75 Å². The predicted octanol–water partition coefficient (Wildman–Crippen LogP) is 7.11. The van der Waals surface area contributed by atoms with Gasteiger partial charge >= 0.3 is 0 Å². The van der Waals surface area contributed by atoms with E-state index in [0.29, 0.717) is 23.9 Å². The number of carbonyl (C=O) groups excluding carboxylic acids is 1. The minimum absolute atomic E-state index is 0.0270. The van der Waals surface area contributed by atoms with Gasteiger partial charge in [0, 0.05) is 6.42 Å². The number of unbranched alkanes of at least 4 members (excludes halogenated alkanes) is 9. The summed E-state index contributed by atoms with van der Waals surface area (Å²) in [5.41, 5.74) is 1.20. The lowest BCUT2D eigenvalue weighted by atomic mass is 9.96. The number of ketones is 1. The molecule has 0 saturated heterocycles. The molecule has 2 atom stereocenters. The number of benzene rings is 1. The van der Waals surface area contributed by atoms with Crippen molar-refractivity contribution in [3.63, 3.8) is 0 Å². The van der Waals surface area contributed by atoms with Crippen LogP contribution in [0.25, 0.3) is 0 Å². The molecule has 0 spiro atoms. The Bertz CT molecular complexity index is 808. The Kier molecular flexibility index (Phi) is 18.9. The van der Waals surface area contributed by atoms with E-state index in [9.17, 15) is 14.3 Å². The van der Waals surface area contributed by atoms with E-state index in [0.717, 1.165) is 31.6 Å². The number of ether oxygens (including phenoxy) is 1. The SMILES string of the molecule is CCCCCCCCCCCCOc1ccc(CCCC(COP(=O)([O-])OCC[N+](C)(C)C)CC(C)=O)cc1. The summed E-state index contributed by atoms with van der Waals surface area (Å²) in [6.45, 7) is 5.13. The molecule has 0 aliphatic carbocycles. The van der Waals surface area contributed by atoms with E-state index in [4.69, 9.17) is 13.8 Å². The van der Waals surface area contributed by atoms with Gasteiger partial charge in [0.1, 0.15) is 24.7 Å². The van der Waals surface area contributed by atoms with Crippen molar-refractivity contribution < 1.29 is 32.5 Å². The second-order valence-electron chi connectivity index (χ2n) is 11.9. The molecule has 0 radical (unpaired) electrons. The lowest BCUT2D eigenvalue weighted by Crippen LogP contribution is -2.37. The quantitative estimate of drug-likeness (QED) is 0.0709. The molecule has 1 rings (SSSR count). The van der Waals surface area contributed by atoms with Crippen LogP contribution >= 0.6 is 7.82 Å². The van der Waals surface area contributed by atoms with E-state index in [1.807, 2.05) is 33.3 Å². The molecule has 0 fully saturated rings. The van der Waals surface area contributed by atoms with E-state index in [-0.39, 0.29) is 24.9 Å². The van der Waals surface area contributed by atoms with Gasteiger partial charge in [-0.25, -0.2) is 0 Å². The Morgan fingerprint density at radius 1 is 0.872 bits per heavy atom. The van der Waals surface area contributed by atoms with Gasteiger partial charge in [0.25, 0.3) is 7.82 Å². The van der Waals surface area contributed by atoms with Crippen LogP contribution in [-0.4, -0.2) is 57.8 Å². The van der Waals surface area contributed by atoms with Crippen LogP contribution in [0, 0.1) is 5.92 Å². The van der Waals surface area contributed by atoms with Gasteiger partial charge in [0.05, 0.1) is 34.4 Å². The number of nitrogens with zero attached hydrogens (tertiary/aromatic N) is 1. The van der Waals surface area contributed by atoms with Crippen molar-refractivity contribution in [2.24, 2.45) is 5.92 Å². The largest absolute Gasteiger partial charge is 0.756 e. The van der Waals surface area contributed by atoms with Gasteiger partial charge < -0.3 is 28.0 Å². The average Bonchev–Trinajstić information content (AvgIpc) is 2.85. The molecule has 8 heteroatoms. The van der Waals surface area contributed by atoms with Crippen LogP contribution in [0.2, 0.25) is 0 Å². The van der Waals surface area contributed by atoms with Crippen molar-refractivity contribution in [3.05, 3.63) is 29.8 Å². The lowest BCUT2D eigenvalue weighted by Gasteiger charge is -2.28. The van der Waals surface area contributed by atoms with E-state index < -0.39 is 7.82 Å². The van der Waals surface area contributed by atoms with Crippen molar-refractivity contribution in [1.29, 1.82) is 0 Å². The molecule has 0 aliphatic rings. The summed E-state index contributed by atoms with van der Waals surface area (Å²) in [5, 5.41) is 0. The number of quaternary nitrogens is 1. The second-order valence-corrected chi connectivity index (χ2v) is 13.3. The maximum atomic E-state index is 12.1. The third kappa shape index (κ3) is 21.2. The maximum Gasteiger partial charge on any atom is 0.268 e. The Hall–Kier alpha value is -1.24. The third-order valence-electron chi connectivity index (χ3n) is 6.82. The van der Waals surface area contributed by atoms with Crippen molar-refractivity contribution >= 4 is 13.6 Å². The molecule has 7 nitrogen and oxygen atoms in total. The number of rotatable bonds is 25. The highest BCUT2D eigenvalue weighted by Crippen LogP contribution is 2.39. The molecule has 0 aromatic heterocycles. The zero-order valence-corrected chi connectivity index (χ0v) is 26.4. The average molecular weight is 570 g/mol. The van der Waals surface area contributed by atoms with Crippen molar-refractivity contribution in [2.75, 3.05) is 47.5 Å². The predicted molar refractivity (Wildman–Crippen MR) is 158 cm³/mol. The molecule has 39 heavy (non-hydrogen) atoms. The number of phosphoric ester groups is 1. The molecule has 2 unspecified atom stereocenters. The first-order chi connectivity index (χ1) is 18.5. The molecule has 0 heterocycles. The number of Topliss-reactive ketones (excluding diaryl/α,β-unsaturated/α-hetero) is 1. The summed E-state index contributed by atoms with van der Waals surface area (Å²) in [4.78, 5) is 23.8. The van der Waals surface area contributed by atoms with Crippen molar-refractivity contribution in [2.45, 2.75) is 104 Å². The van der Waals surface area contributed by atoms with Crippen LogP contribution in [-0.2, 0) is 24.8 Å². The van der Waals surface area contributed by atoms with Crippen LogP contribution in [0.15, 0.2) is 24.3 Å². The van der Waals surface area contributed by atoms with E-state index in [2.05, 4.69) is 19.1 Å². The summed E-state index contributed by atoms with van der Waals surface area (Å²) in [5.74, 6) is 0.767. The lowest BCUT2D eigenvalue weighted by molar-refractivity contribution is -0.870. The summed E-state index contributed by atoms with van der Waals surface area (Å²) in [6.07, 6.45) is 15.8. The summed E-state index contributed by atoms with van der Waals surface area (Å²) in [6, 6.07) is 8.20. The molecule has 0 N–H and O–H groups in total.